The van der Waals surface area contributed by atoms with Crippen molar-refractivity contribution in [3.8, 4) is 5.75 Å². The number of nitrogens with one attached hydrogen (secondary N) is 1. The van der Waals surface area contributed by atoms with Crippen LogP contribution in [0.1, 0.15) is 15.9 Å². The summed E-state index contributed by atoms with van der Waals surface area (Å²) in [4.78, 5) is 14.0. The van der Waals surface area contributed by atoms with Gasteiger partial charge in [-0.15, -0.1) is 11.8 Å². The second-order valence-corrected chi connectivity index (χ2v) is 9.71. The number of methoxy groups -OCH3 is 1. The molecule has 0 saturated heterocycles. The number of benzene rings is 3. The highest BCUT2D eigenvalue weighted by molar-refractivity contribution is 7.98. The molecular formula is C23H24N2O4S2. The van der Waals surface area contributed by atoms with Crippen molar-refractivity contribution < 1.29 is 17.9 Å². The first-order valence-electron chi connectivity index (χ1n) is 9.49. The third-order valence-electron chi connectivity index (χ3n) is 4.71. The van der Waals surface area contributed by atoms with E-state index in [0.717, 1.165) is 4.90 Å². The van der Waals surface area contributed by atoms with Crippen molar-refractivity contribution in [1.82, 2.24) is 4.31 Å². The SMILES string of the molecule is COc1ccc(C(=O)Nc2cccc(SC)c2)cc1CN(C)S(=O)(=O)c1ccccc1. The average molecular weight is 457 g/mol. The lowest BCUT2D eigenvalue weighted by molar-refractivity contribution is 0.102. The Labute approximate surface area is 187 Å². The van der Waals surface area contributed by atoms with Gasteiger partial charge >= 0.3 is 0 Å². The van der Waals surface area contributed by atoms with Crippen molar-refractivity contribution in [3.63, 3.8) is 0 Å². The summed E-state index contributed by atoms with van der Waals surface area (Å²) in [6.07, 6.45) is 1.97. The molecule has 0 aliphatic carbocycles. The molecule has 8 heteroatoms. The van der Waals surface area contributed by atoms with Crippen LogP contribution in [0, 0.1) is 0 Å². The zero-order chi connectivity index (χ0) is 22.4. The maximum absolute atomic E-state index is 12.9. The fourth-order valence-electron chi connectivity index (χ4n) is 3.04. The Balaban J connectivity index is 1.84. The van der Waals surface area contributed by atoms with Crippen molar-refractivity contribution in [3.05, 3.63) is 83.9 Å². The molecule has 0 aliphatic rings. The van der Waals surface area contributed by atoms with Gasteiger partial charge in [-0.25, -0.2) is 8.42 Å². The van der Waals surface area contributed by atoms with Gasteiger partial charge in [-0.1, -0.05) is 24.3 Å². The van der Waals surface area contributed by atoms with Gasteiger partial charge in [0.2, 0.25) is 10.0 Å². The Bertz CT molecular complexity index is 1170. The third kappa shape index (κ3) is 5.46. The molecule has 162 valence electrons. The normalized spacial score (nSPS) is 11.4. The van der Waals surface area contributed by atoms with E-state index in [0.29, 0.717) is 22.6 Å². The molecule has 0 unspecified atom stereocenters. The van der Waals surface area contributed by atoms with Gasteiger partial charge < -0.3 is 10.1 Å². The van der Waals surface area contributed by atoms with Crippen LogP contribution in [0.3, 0.4) is 0 Å². The molecule has 0 bridgehead atoms. The van der Waals surface area contributed by atoms with E-state index in [4.69, 9.17) is 4.74 Å². The molecule has 0 heterocycles. The highest BCUT2D eigenvalue weighted by atomic mass is 32.2. The predicted octanol–water partition coefficient (Wildman–Crippen LogP) is 4.49. The van der Waals surface area contributed by atoms with E-state index in [1.165, 1.54) is 18.5 Å². The summed E-state index contributed by atoms with van der Waals surface area (Å²) in [5.74, 6) is 0.228. The first-order valence-corrected chi connectivity index (χ1v) is 12.2. The van der Waals surface area contributed by atoms with Gasteiger partial charge in [0.15, 0.2) is 0 Å². The molecule has 31 heavy (non-hydrogen) atoms. The average Bonchev–Trinajstić information content (AvgIpc) is 2.79. The number of ether oxygens (including phenoxy) is 1. The van der Waals surface area contributed by atoms with Gasteiger partial charge in [-0.2, -0.15) is 4.31 Å². The summed E-state index contributed by atoms with van der Waals surface area (Å²) in [5.41, 5.74) is 1.70. The highest BCUT2D eigenvalue weighted by Gasteiger charge is 2.22. The Kier molecular flexibility index (Phi) is 7.37. The fraction of sp³-hybridized carbons (Fsp3) is 0.174. The van der Waals surface area contributed by atoms with Crippen molar-refractivity contribution >= 4 is 33.4 Å². The van der Waals surface area contributed by atoms with Crippen molar-refractivity contribution in [2.45, 2.75) is 16.3 Å². The largest absolute Gasteiger partial charge is 0.496 e. The number of carbonyl (C=O) groups is 1. The molecule has 0 saturated carbocycles. The molecule has 6 nitrogen and oxygen atoms in total. The number of rotatable bonds is 8. The zero-order valence-electron chi connectivity index (χ0n) is 17.5. The lowest BCUT2D eigenvalue weighted by atomic mass is 10.1. The monoisotopic (exact) mass is 456 g/mol. The minimum atomic E-state index is -3.68. The number of anilines is 1. The first-order chi connectivity index (χ1) is 14.8. The van der Waals surface area contributed by atoms with Crippen LogP contribution in [0.2, 0.25) is 0 Å². The van der Waals surface area contributed by atoms with Crippen LogP contribution in [0.4, 0.5) is 5.69 Å². The molecule has 1 amide bonds. The van der Waals surface area contributed by atoms with Gasteiger partial charge in [0.05, 0.1) is 12.0 Å². The number of hydrogen-bond donors (Lipinski definition) is 1. The maximum Gasteiger partial charge on any atom is 0.255 e. The van der Waals surface area contributed by atoms with Crippen molar-refractivity contribution in [2.75, 3.05) is 25.7 Å². The predicted molar refractivity (Wildman–Crippen MR) is 124 cm³/mol. The molecular weight excluding hydrogens is 432 g/mol. The van der Waals surface area contributed by atoms with E-state index in [-0.39, 0.29) is 17.3 Å². The van der Waals surface area contributed by atoms with Gasteiger partial charge in [0, 0.05) is 35.3 Å². The maximum atomic E-state index is 12.9. The summed E-state index contributed by atoms with van der Waals surface area (Å²) in [5, 5.41) is 2.88. The third-order valence-corrected chi connectivity index (χ3v) is 7.26. The molecule has 0 atom stereocenters. The van der Waals surface area contributed by atoms with E-state index in [2.05, 4.69) is 5.32 Å². The van der Waals surface area contributed by atoms with Crippen LogP contribution in [0.15, 0.2) is 82.6 Å². The van der Waals surface area contributed by atoms with Crippen molar-refractivity contribution in [2.24, 2.45) is 0 Å². The fourth-order valence-corrected chi connectivity index (χ4v) is 4.67. The molecule has 0 spiro atoms. The van der Waals surface area contributed by atoms with E-state index in [1.807, 2.05) is 30.5 Å². The van der Waals surface area contributed by atoms with Gasteiger partial charge in [-0.3, -0.25) is 4.79 Å². The summed E-state index contributed by atoms with van der Waals surface area (Å²) >= 11 is 1.59. The van der Waals surface area contributed by atoms with E-state index < -0.39 is 10.0 Å². The molecule has 0 radical (unpaired) electrons. The van der Waals surface area contributed by atoms with Crippen LogP contribution in [0.25, 0.3) is 0 Å². The molecule has 3 rings (SSSR count). The summed E-state index contributed by atoms with van der Waals surface area (Å²) in [7, 11) is -0.662. The minimum absolute atomic E-state index is 0.0590. The van der Waals surface area contributed by atoms with Gasteiger partial charge in [-0.05, 0) is 54.8 Å². The molecule has 3 aromatic rings. The lowest BCUT2D eigenvalue weighted by Gasteiger charge is -2.19. The second kappa shape index (κ2) is 10.00. The topological polar surface area (TPSA) is 75.7 Å². The van der Waals surface area contributed by atoms with Gasteiger partial charge in [0.1, 0.15) is 5.75 Å². The second-order valence-electron chi connectivity index (χ2n) is 6.79. The molecule has 0 aliphatic heterocycles. The Morgan fingerprint density at radius 3 is 2.45 bits per heavy atom. The first kappa shape index (κ1) is 22.9. The zero-order valence-corrected chi connectivity index (χ0v) is 19.2. The molecule has 1 N–H and O–H groups in total. The van der Waals surface area contributed by atoms with E-state index in [1.54, 1.807) is 60.3 Å². The summed E-state index contributed by atoms with van der Waals surface area (Å²) in [6.45, 7) is 0.0590. The number of amides is 1. The minimum Gasteiger partial charge on any atom is -0.496 e. The van der Waals surface area contributed by atoms with Crippen LogP contribution in [-0.4, -0.2) is 39.0 Å². The van der Waals surface area contributed by atoms with E-state index in [9.17, 15) is 13.2 Å². The standard InChI is InChI=1S/C23H24N2O4S2/c1-25(31(27,28)21-10-5-4-6-11-21)16-18-14-17(12-13-22(18)29-2)23(26)24-19-8-7-9-20(15-19)30-3/h4-15H,16H2,1-3H3,(H,24,26). The number of sulfonamides is 1. The number of hydrogen-bond acceptors (Lipinski definition) is 5. The lowest BCUT2D eigenvalue weighted by Crippen LogP contribution is -2.27. The Morgan fingerprint density at radius 2 is 1.77 bits per heavy atom. The van der Waals surface area contributed by atoms with Crippen LogP contribution < -0.4 is 10.1 Å². The van der Waals surface area contributed by atoms with Crippen LogP contribution >= 0.6 is 11.8 Å². The number of thioether (sulfide) groups is 1. The Morgan fingerprint density at radius 1 is 1.03 bits per heavy atom. The molecule has 0 aromatic heterocycles. The van der Waals surface area contributed by atoms with E-state index >= 15 is 0 Å². The molecule has 0 fully saturated rings. The highest BCUT2D eigenvalue weighted by Crippen LogP contribution is 2.25. The quantitative estimate of drug-likeness (QED) is 0.506. The smallest absolute Gasteiger partial charge is 0.255 e. The van der Waals surface area contributed by atoms with Crippen molar-refractivity contribution in [1.29, 1.82) is 0 Å². The summed E-state index contributed by atoms with van der Waals surface area (Å²) in [6, 6.07) is 20.8. The van der Waals surface area contributed by atoms with Gasteiger partial charge in [0.25, 0.3) is 5.91 Å². The summed E-state index contributed by atoms with van der Waals surface area (Å²) < 4.78 is 32.4. The number of carbonyl (C=O) groups excluding carboxylic acids is 1. The molecule has 3 aromatic carbocycles. The number of nitrogens with zero attached hydrogens (tertiary/aromatic N) is 1. The van der Waals surface area contributed by atoms with Crippen LogP contribution in [0.5, 0.6) is 5.75 Å². The Hall–Kier alpha value is -2.81. The van der Waals surface area contributed by atoms with Crippen LogP contribution in [-0.2, 0) is 16.6 Å².